The molecule has 3 aromatic rings. The molecule has 0 aliphatic carbocycles. The molecule has 0 bridgehead atoms. The Hall–Kier alpha value is -2.19. The SMILES string of the molecule is c1cc2c(c(-c3ccc4ccccc4n3)c1)CCNC2. The Labute approximate surface area is 118 Å². The zero-order chi connectivity index (χ0) is 13.4. The van der Waals surface area contributed by atoms with E-state index in [1.165, 1.54) is 22.1 Å². The molecule has 0 spiro atoms. The number of hydrogen-bond donors (Lipinski definition) is 1. The summed E-state index contributed by atoms with van der Waals surface area (Å²) in [6, 6.07) is 19.1. The van der Waals surface area contributed by atoms with Gasteiger partial charge >= 0.3 is 0 Å². The molecule has 2 heteroatoms. The average Bonchev–Trinajstić information content (AvgIpc) is 2.54. The number of pyridine rings is 1. The third kappa shape index (κ3) is 1.89. The molecule has 2 aromatic carbocycles. The topological polar surface area (TPSA) is 24.9 Å². The molecule has 4 rings (SSSR count). The van der Waals surface area contributed by atoms with Crippen LogP contribution < -0.4 is 5.32 Å². The smallest absolute Gasteiger partial charge is 0.0712 e. The second kappa shape index (κ2) is 4.73. The Kier molecular flexibility index (Phi) is 2.75. The van der Waals surface area contributed by atoms with Gasteiger partial charge in [0.15, 0.2) is 0 Å². The summed E-state index contributed by atoms with van der Waals surface area (Å²) in [5.74, 6) is 0. The van der Waals surface area contributed by atoms with E-state index in [0.717, 1.165) is 30.7 Å². The minimum absolute atomic E-state index is 0.969. The lowest BCUT2D eigenvalue weighted by Crippen LogP contribution is -2.24. The van der Waals surface area contributed by atoms with Gasteiger partial charge in [-0.1, -0.05) is 42.5 Å². The van der Waals surface area contributed by atoms with Crippen molar-refractivity contribution in [1.82, 2.24) is 10.3 Å². The van der Waals surface area contributed by atoms with Gasteiger partial charge in [0, 0.05) is 17.5 Å². The molecule has 1 N–H and O–H groups in total. The first-order chi connectivity index (χ1) is 9.92. The van der Waals surface area contributed by atoms with Crippen molar-refractivity contribution in [1.29, 1.82) is 0 Å². The summed E-state index contributed by atoms with van der Waals surface area (Å²) in [7, 11) is 0. The second-order valence-corrected chi connectivity index (χ2v) is 5.26. The molecular weight excluding hydrogens is 244 g/mol. The van der Waals surface area contributed by atoms with Gasteiger partial charge in [0.2, 0.25) is 0 Å². The van der Waals surface area contributed by atoms with Crippen molar-refractivity contribution in [3.8, 4) is 11.3 Å². The van der Waals surface area contributed by atoms with Gasteiger partial charge in [0.25, 0.3) is 0 Å². The van der Waals surface area contributed by atoms with Crippen LogP contribution >= 0.6 is 0 Å². The second-order valence-electron chi connectivity index (χ2n) is 5.26. The van der Waals surface area contributed by atoms with Crippen LogP contribution in [0.25, 0.3) is 22.2 Å². The number of para-hydroxylation sites is 1. The van der Waals surface area contributed by atoms with Crippen LogP contribution in [0, 0.1) is 0 Å². The summed E-state index contributed by atoms with van der Waals surface area (Å²) in [6.45, 7) is 2.02. The fraction of sp³-hybridized carbons (Fsp3) is 0.167. The Morgan fingerprint density at radius 2 is 1.85 bits per heavy atom. The number of nitrogens with one attached hydrogen (secondary N) is 1. The standard InChI is InChI=1S/C18H16N2/c1-2-7-17-13(4-1)8-9-18(20-17)16-6-3-5-14-12-19-11-10-15(14)16/h1-9,19H,10-12H2. The van der Waals surface area contributed by atoms with Gasteiger partial charge in [0.05, 0.1) is 11.2 Å². The average molecular weight is 260 g/mol. The third-order valence-electron chi connectivity index (χ3n) is 4.01. The highest BCUT2D eigenvalue weighted by Gasteiger charge is 2.14. The van der Waals surface area contributed by atoms with Gasteiger partial charge < -0.3 is 5.32 Å². The molecule has 0 radical (unpaired) electrons. The zero-order valence-corrected chi connectivity index (χ0v) is 11.3. The number of benzene rings is 2. The molecule has 1 aliphatic rings. The van der Waals surface area contributed by atoms with Crippen molar-refractivity contribution in [3.05, 3.63) is 65.7 Å². The minimum Gasteiger partial charge on any atom is -0.312 e. The Balaban J connectivity index is 1.90. The highest BCUT2D eigenvalue weighted by atomic mass is 14.9. The molecule has 1 aliphatic heterocycles. The van der Waals surface area contributed by atoms with Gasteiger partial charge in [-0.25, -0.2) is 4.98 Å². The predicted octanol–water partition coefficient (Wildman–Crippen LogP) is 3.55. The van der Waals surface area contributed by atoms with Gasteiger partial charge in [-0.2, -0.15) is 0 Å². The maximum atomic E-state index is 4.83. The van der Waals surface area contributed by atoms with E-state index >= 15 is 0 Å². The fourth-order valence-corrected chi connectivity index (χ4v) is 2.99. The van der Waals surface area contributed by atoms with Crippen molar-refractivity contribution < 1.29 is 0 Å². The van der Waals surface area contributed by atoms with E-state index in [1.54, 1.807) is 0 Å². The first kappa shape index (κ1) is 11.6. The molecule has 2 heterocycles. The van der Waals surface area contributed by atoms with Crippen LogP contribution in [0.3, 0.4) is 0 Å². The van der Waals surface area contributed by atoms with Gasteiger partial charge in [-0.15, -0.1) is 0 Å². The van der Waals surface area contributed by atoms with Crippen LogP contribution in [0.15, 0.2) is 54.6 Å². The minimum atomic E-state index is 0.969. The summed E-state index contributed by atoms with van der Waals surface area (Å²) < 4.78 is 0. The highest BCUT2D eigenvalue weighted by molar-refractivity contribution is 5.82. The van der Waals surface area contributed by atoms with E-state index in [4.69, 9.17) is 4.98 Å². The predicted molar refractivity (Wildman–Crippen MR) is 82.6 cm³/mol. The summed E-state index contributed by atoms with van der Waals surface area (Å²) >= 11 is 0. The van der Waals surface area contributed by atoms with Crippen molar-refractivity contribution in [2.75, 3.05) is 6.54 Å². The van der Waals surface area contributed by atoms with Crippen LogP contribution in [0.5, 0.6) is 0 Å². The van der Waals surface area contributed by atoms with Crippen LogP contribution in [0.4, 0.5) is 0 Å². The molecule has 0 saturated carbocycles. The first-order valence-electron chi connectivity index (χ1n) is 7.09. The van der Waals surface area contributed by atoms with Gasteiger partial charge in [-0.05, 0) is 36.2 Å². The molecular formula is C18H16N2. The van der Waals surface area contributed by atoms with Crippen LogP contribution in [-0.4, -0.2) is 11.5 Å². The van der Waals surface area contributed by atoms with E-state index in [2.05, 4.69) is 53.8 Å². The molecule has 0 fully saturated rings. The molecule has 0 unspecified atom stereocenters. The monoisotopic (exact) mass is 260 g/mol. The Morgan fingerprint density at radius 1 is 0.900 bits per heavy atom. The zero-order valence-electron chi connectivity index (χ0n) is 11.3. The third-order valence-corrected chi connectivity index (χ3v) is 4.01. The molecule has 0 atom stereocenters. The van der Waals surface area contributed by atoms with E-state index in [9.17, 15) is 0 Å². The van der Waals surface area contributed by atoms with E-state index in [-0.39, 0.29) is 0 Å². The van der Waals surface area contributed by atoms with Crippen molar-refractivity contribution >= 4 is 10.9 Å². The number of hydrogen-bond acceptors (Lipinski definition) is 2. The van der Waals surface area contributed by atoms with Gasteiger partial charge in [-0.3, -0.25) is 0 Å². The summed E-state index contributed by atoms with van der Waals surface area (Å²) in [5, 5.41) is 4.63. The van der Waals surface area contributed by atoms with Crippen LogP contribution in [0.2, 0.25) is 0 Å². The number of fused-ring (bicyclic) bond motifs is 2. The van der Waals surface area contributed by atoms with Crippen molar-refractivity contribution in [2.24, 2.45) is 0 Å². The van der Waals surface area contributed by atoms with Crippen LogP contribution in [0.1, 0.15) is 11.1 Å². The Bertz CT molecular complexity index is 777. The highest BCUT2D eigenvalue weighted by Crippen LogP contribution is 2.28. The molecule has 98 valence electrons. The molecule has 20 heavy (non-hydrogen) atoms. The van der Waals surface area contributed by atoms with Crippen LogP contribution in [-0.2, 0) is 13.0 Å². The van der Waals surface area contributed by atoms with E-state index in [0.29, 0.717) is 0 Å². The lowest BCUT2D eigenvalue weighted by molar-refractivity contribution is 0.644. The quantitative estimate of drug-likeness (QED) is 0.724. The lowest BCUT2D eigenvalue weighted by atomic mass is 9.93. The maximum Gasteiger partial charge on any atom is 0.0712 e. The lowest BCUT2D eigenvalue weighted by Gasteiger charge is -2.20. The maximum absolute atomic E-state index is 4.83. The molecule has 2 nitrogen and oxygen atoms in total. The first-order valence-corrected chi connectivity index (χ1v) is 7.09. The number of nitrogens with zero attached hydrogens (tertiary/aromatic N) is 1. The molecule has 1 aromatic heterocycles. The van der Waals surface area contributed by atoms with Gasteiger partial charge in [0.1, 0.15) is 0 Å². The number of aromatic nitrogens is 1. The summed E-state index contributed by atoms with van der Waals surface area (Å²) in [6.07, 6.45) is 1.08. The normalized spacial score (nSPS) is 14.2. The Morgan fingerprint density at radius 3 is 2.85 bits per heavy atom. The van der Waals surface area contributed by atoms with E-state index < -0.39 is 0 Å². The summed E-state index contributed by atoms with van der Waals surface area (Å²) in [4.78, 5) is 4.83. The van der Waals surface area contributed by atoms with E-state index in [1.807, 2.05) is 6.07 Å². The largest absolute Gasteiger partial charge is 0.312 e. The van der Waals surface area contributed by atoms with Crippen molar-refractivity contribution in [3.63, 3.8) is 0 Å². The van der Waals surface area contributed by atoms with Crippen molar-refractivity contribution in [2.45, 2.75) is 13.0 Å². The fourth-order valence-electron chi connectivity index (χ4n) is 2.99. The molecule has 0 amide bonds. The molecule has 0 saturated heterocycles. The number of rotatable bonds is 1. The summed E-state index contributed by atoms with van der Waals surface area (Å²) in [5.41, 5.74) is 6.30.